The van der Waals surface area contributed by atoms with Gasteiger partial charge in [0.25, 0.3) is 0 Å². The molecular formula is C20H21N3O. The Hall–Kier alpha value is -2.46. The molecule has 4 rings (SSSR count). The minimum atomic E-state index is 0.0600. The van der Waals surface area contributed by atoms with Crippen LogP contribution < -0.4 is 4.90 Å². The zero-order valence-electron chi connectivity index (χ0n) is 14.0. The Balaban J connectivity index is 1.72. The lowest BCUT2D eigenvalue weighted by Crippen LogP contribution is -2.43. The molecular weight excluding hydrogens is 298 g/mol. The van der Waals surface area contributed by atoms with Crippen molar-refractivity contribution in [1.82, 2.24) is 9.97 Å². The van der Waals surface area contributed by atoms with Crippen LogP contribution in [0.1, 0.15) is 24.2 Å². The van der Waals surface area contributed by atoms with Gasteiger partial charge in [0.1, 0.15) is 18.2 Å². The molecule has 1 aliphatic rings. The molecule has 1 aromatic heterocycles. The smallest absolute Gasteiger partial charge is 0.140 e. The maximum absolute atomic E-state index is 6.17. The summed E-state index contributed by atoms with van der Waals surface area (Å²) >= 11 is 0. The van der Waals surface area contributed by atoms with Gasteiger partial charge in [-0.2, -0.15) is 0 Å². The molecule has 1 saturated heterocycles. The number of morpholine rings is 1. The summed E-state index contributed by atoms with van der Waals surface area (Å²) in [5, 5.41) is 1.11. The molecule has 1 fully saturated rings. The third kappa shape index (κ3) is 2.85. The van der Waals surface area contributed by atoms with Crippen LogP contribution in [0.25, 0.3) is 10.9 Å². The summed E-state index contributed by atoms with van der Waals surface area (Å²) in [5.41, 5.74) is 3.42. The predicted molar refractivity (Wildman–Crippen MR) is 96.2 cm³/mol. The summed E-state index contributed by atoms with van der Waals surface area (Å²) < 4.78 is 6.17. The molecule has 0 amide bonds. The molecule has 0 spiro atoms. The standard InChI is InChI=1S/C20H21N3O/c1-14-8-9-18-17(10-14)20(22-13-21-18)23-11-15(2)24-19(12-23)16-6-4-3-5-7-16/h3-10,13,15,19H,11-12H2,1-2H3. The Morgan fingerprint density at radius 1 is 1.04 bits per heavy atom. The number of anilines is 1. The van der Waals surface area contributed by atoms with E-state index in [0.29, 0.717) is 0 Å². The van der Waals surface area contributed by atoms with Crippen molar-refractivity contribution in [2.24, 2.45) is 0 Å². The number of nitrogens with zero attached hydrogens (tertiary/aromatic N) is 3. The van der Waals surface area contributed by atoms with Gasteiger partial charge >= 0.3 is 0 Å². The molecule has 2 atom stereocenters. The van der Waals surface area contributed by atoms with Crippen molar-refractivity contribution >= 4 is 16.7 Å². The van der Waals surface area contributed by atoms with Crippen LogP contribution in [0, 0.1) is 6.92 Å². The van der Waals surface area contributed by atoms with Crippen molar-refractivity contribution < 1.29 is 4.74 Å². The average Bonchev–Trinajstić information content (AvgIpc) is 2.61. The number of fused-ring (bicyclic) bond motifs is 1. The number of aryl methyl sites for hydroxylation is 1. The molecule has 122 valence electrons. The lowest BCUT2D eigenvalue weighted by molar-refractivity contribution is -0.0175. The highest BCUT2D eigenvalue weighted by molar-refractivity contribution is 5.89. The second kappa shape index (κ2) is 6.21. The third-order valence-electron chi connectivity index (χ3n) is 4.50. The fourth-order valence-electron chi connectivity index (χ4n) is 3.39. The lowest BCUT2D eigenvalue weighted by atomic mass is 10.1. The van der Waals surface area contributed by atoms with Crippen molar-refractivity contribution in [3.05, 3.63) is 66.0 Å². The number of aromatic nitrogens is 2. The molecule has 0 bridgehead atoms. The van der Waals surface area contributed by atoms with Gasteiger partial charge in [0, 0.05) is 18.5 Å². The summed E-state index contributed by atoms with van der Waals surface area (Å²) in [6, 6.07) is 16.7. The summed E-state index contributed by atoms with van der Waals surface area (Å²) in [6.45, 7) is 5.86. The molecule has 0 aliphatic carbocycles. The van der Waals surface area contributed by atoms with E-state index in [1.165, 1.54) is 11.1 Å². The van der Waals surface area contributed by atoms with Gasteiger partial charge in [-0.15, -0.1) is 0 Å². The van der Waals surface area contributed by atoms with Crippen molar-refractivity contribution in [2.45, 2.75) is 26.1 Å². The first kappa shape index (κ1) is 15.1. The molecule has 2 heterocycles. The van der Waals surface area contributed by atoms with Gasteiger partial charge in [-0.05, 0) is 31.5 Å². The Kier molecular flexibility index (Phi) is 3.90. The maximum atomic E-state index is 6.17. The molecule has 0 radical (unpaired) electrons. The molecule has 0 saturated carbocycles. The van der Waals surface area contributed by atoms with E-state index in [9.17, 15) is 0 Å². The molecule has 0 N–H and O–H groups in total. The van der Waals surface area contributed by atoms with Gasteiger partial charge in [-0.1, -0.05) is 42.0 Å². The number of rotatable bonds is 2. The van der Waals surface area contributed by atoms with Crippen LogP contribution in [0.2, 0.25) is 0 Å². The highest BCUT2D eigenvalue weighted by atomic mass is 16.5. The van der Waals surface area contributed by atoms with Crippen molar-refractivity contribution in [3.63, 3.8) is 0 Å². The normalized spacial score (nSPS) is 21.2. The van der Waals surface area contributed by atoms with E-state index in [2.05, 4.69) is 71.2 Å². The van der Waals surface area contributed by atoms with E-state index >= 15 is 0 Å². The van der Waals surface area contributed by atoms with Crippen LogP contribution in [0.3, 0.4) is 0 Å². The summed E-state index contributed by atoms with van der Waals surface area (Å²) in [5.74, 6) is 1.000. The van der Waals surface area contributed by atoms with Crippen LogP contribution in [0.15, 0.2) is 54.9 Å². The van der Waals surface area contributed by atoms with Crippen LogP contribution in [0.5, 0.6) is 0 Å². The zero-order chi connectivity index (χ0) is 16.5. The van der Waals surface area contributed by atoms with Crippen LogP contribution in [0.4, 0.5) is 5.82 Å². The maximum Gasteiger partial charge on any atom is 0.140 e. The third-order valence-corrected chi connectivity index (χ3v) is 4.50. The quantitative estimate of drug-likeness (QED) is 0.718. The highest BCUT2D eigenvalue weighted by Crippen LogP contribution is 2.31. The summed E-state index contributed by atoms with van der Waals surface area (Å²) in [4.78, 5) is 11.3. The van der Waals surface area contributed by atoms with Gasteiger partial charge in [0.05, 0.1) is 11.6 Å². The molecule has 1 aliphatic heterocycles. The fraction of sp³-hybridized carbons (Fsp3) is 0.300. The van der Waals surface area contributed by atoms with Gasteiger partial charge in [0.15, 0.2) is 0 Å². The van der Waals surface area contributed by atoms with E-state index in [-0.39, 0.29) is 12.2 Å². The van der Waals surface area contributed by atoms with E-state index in [1.807, 2.05) is 6.07 Å². The Morgan fingerprint density at radius 3 is 2.71 bits per heavy atom. The topological polar surface area (TPSA) is 38.2 Å². The minimum Gasteiger partial charge on any atom is -0.367 e. The van der Waals surface area contributed by atoms with Crippen molar-refractivity contribution in [1.29, 1.82) is 0 Å². The van der Waals surface area contributed by atoms with Crippen LogP contribution in [-0.4, -0.2) is 29.2 Å². The van der Waals surface area contributed by atoms with E-state index in [4.69, 9.17) is 4.74 Å². The van der Waals surface area contributed by atoms with Crippen molar-refractivity contribution in [3.8, 4) is 0 Å². The van der Waals surface area contributed by atoms with Gasteiger partial charge in [-0.25, -0.2) is 9.97 Å². The highest BCUT2D eigenvalue weighted by Gasteiger charge is 2.28. The molecule has 2 aromatic carbocycles. The second-order valence-electron chi connectivity index (χ2n) is 6.47. The number of benzene rings is 2. The average molecular weight is 319 g/mol. The monoisotopic (exact) mass is 319 g/mol. The first-order valence-electron chi connectivity index (χ1n) is 8.37. The second-order valence-corrected chi connectivity index (χ2v) is 6.47. The van der Waals surface area contributed by atoms with Gasteiger partial charge in [0.2, 0.25) is 0 Å². The fourth-order valence-corrected chi connectivity index (χ4v) is 3.39. The Bertz CT molecular complexity index is 850. The van der Waals surface area contributed by atoms with Crippen LogP contribution >= 0.6 is 0 Å². The Morgan fingerprint density at radius 2 is 1.88 bits per heavy atom. The van der Waals surface area contributed by atoms with Crippen LogP contribution in [-0.2, 0) is 4.74 Å². The summed E-state index contributed by atoms with van der Waals surface area (Å²) in [7, 11) is 0. The molecule has 4 nitrogen and oxygen atoms in total. The first-order chi connectivity index (χ1) is 11.7. The van der Waals surface area contributed by atoms with Gasteiger partial charge in [-0.3, -0.25) is 0 Å². The molecule has 24 heavy (non-hydrogen) atoms. The first-order valence-corrected chi connectivity index (χ1v) is 8.37. The van der Waals surface area contributed by atoms with Gasteiger partial charge < -0.3 is 9.64 Å². The molecule has 3 aromatic rings. The number of hydrogen-bond acceptors (Lipinski definition) is 4. The SMILES string of the molecule is Cc1ccc2ncnc(N3CC(C)OC(c4ccccc4)C3)c2c1. The molecule has 2 unspecified atom stereocenters. The zero-order valence-corrected chi connectivity index (χ0v) is 14.0. The minimum absolute atomic E-state index is 0.0600. The summed E-state index contributed by atoms with van der Waals surface area (Å²) in [6.07, 6.45) is 1.87. The van der Waals surface area contributed by atoms with E-state index < -0.39 is 0 Å². The Labute approximate surface area is 142 Å². The van der Waals surface area contributed by atoms with E-state index in [0.717, 1.165) is 29.8 Å². The lowest BCUT2D eigenvalue weighted by Gasteiger charge is -2.38. The number of hydrogen-bond donors (Lipinski definition) is 0. The van der Waals surface area contributed by atoms with Crippen molar-refractivity contribution in [2.75, 3.05) is 18.0 Å². The van der Waals surface area contributed by atoms with E-state index in [1.54, 1.807) is 6.33 Å². The number of ether oxygens (including phenoxy) is 1. The molecule has 4 heteroatoms. The largest absolute Gasteiger partial charge is 0.367 e. The predicted octanol–water partition coefficient (Wildman–Crippen LogP) is 3.90.